The molecule has 0 unspecified atom stereocenters. The summed E-state index contributed by atoms with van der Waals surface area (Å²) in [6.07, 6.45) is -3.76. The Balaban J connectivity index is 2.50. The molecule has 0 amide bonds. The third-order valence-corrected chi connectivity index (χ3v) is 1.82. The van der Waals surface area contributed by atoms with Crippen molar-refractivity contribution in [3.8, 4) is 0 Å². The maximum absolute atomic E-state index is 12.0. The summed E-state index contributed by atoms with van der Waals surface area (Å²) in [5.74, 6) is 0. The van der Waals surface area contributed by atoms with Crippen LogP contribution in [-0.2, 0) is 9.53 Å². The quantitative estimate of drug-likeness (QED) is 0.602. The smallest absolute Gasteiger partial charge is 0.378 e. The molecular weight excluding hydrogens is 187 g/mol. The van der Waals surface area contributed by atoms with Gasteiger partial charge in [-0.3, -0.25) is 4.90 Å². The highest BCUT2D eigenvalue weighted by Gasteiger charge is 2.35. The van der Waals surface area contributed by atoms with Gasteiger partial charge in [0.05, 0.1) is 25.8 Å². The molecule has 76 valence electrons. The number of alkyl halides is 3. The van der Waals surface area contributed by atoms with Gasteiger partial charge >= 0.3 is 6.18 Å². The molecule has 1 saturated heterocycles. The Morgan fingerprint density at radius 1 is 1.54 bits per heavy atom. The number of ether oxygens (including phenoxy) is 1. The van der Waals surface area contributed by atoms with E-state index in [0.717, 1.165) is 4.90 Å². The van der Waals surface area contributed by atoms with Crippen LogP contribution in [0.25, 0.3) is 0 Å². The van der Waals surface area contributed by atoms with Crippen LogP contribution < -0.4 is 0 Å². The van der Waals surface area contributed by atoms with Gasteiger partial charge in [0, 0.05) is 6.54 Å². The van der Waals surface area contributed by atoms with Crippen molar-refractivity contribution >= 4 is 6.29 Å². The Bertz CT molecular complexity index is 183. The highest BCUT2D eigenvalue weighted by molar-refractivity contribution is 5.57. The van der Waals surface area contributed by atoms with E-state index >= 15 is 0 Å². The molecule has 1 rings (SSSR count). The molecule has 0 saturated carbocycles. The largest absolute Gasteiger partial charge is 0.401 e. The van der Waals surface area contributed by atoms with Crippen molar-refractivity contribution in [3.63, 3.8) is 0 Å². The SMILES string of the molecule is O=C[C@@H]1COCCN1CC(F)(F)F. The number of halogens is 3. The van der Waals surface area contributed by atoms with Crippen LogP contribution in [0.3, 0.4) is 0 Å². The van der Waals surface area contributed by atoms with E-state index in [2.05, 4.69) is 0 Å². The van der Waals surface area contributed by atoms with E-state index in [0.29, 0.717) is 6.29 Å². The Morgan fingerprint density at radius 2 is 2.23 bits per heavy atom. The Morgan fingerprint density at radius 3 is 2.77 bits per heavy atom. The monoisotopic (exact) mass is 197 g/mol. The van der Waals surface area contributed by atoms with Gasteiger partial charge in [0.15, 0.2) is 0 Å². The summed E-state index contributed by atoms with van der Waals surface area (Å²) in [6.45, 7) is -0.581. The van der Waals surface area contributed by atoms with Gasteiger partial charge in [0.2, 0.25) is 0 Å². The summed E-state index contributed by atoms with van der Waals surface area (Å²) in [5, 5.41) is 0. The molecule has 0 aromatic rings. The molecule has 1 fully saturated rings. The standard InChI is InChI=1S/C7H10F3NO2/c8-7(9,10)5-11-1-2-13-4-6(11)3-12/h3,6H,1-2,4-5H2/t6-/m1/s1. The van der Waals surface area contributed by atoms with Crippen molar-refractivity contribution in [1.29, 1.82) is 0 Å². The van der Waals surface area contributed by atoms with Crippen LogP contribution in [0.1, 0.15) is 0 Å². The maximum atomic E-state index is 12.0. The lowest BCUT2D eigenvalue weighted by atomic mass is 10.2. The van der Waals surface area contributed by atoms with Crippen LogP contribution in [-0.4, -0.2) is 49.7 Å². The zero-order chi connectivity index (χ0) is 9.90. The van der Waals surface area contributed by atoms with Crippen molar-refractivity contribution in [1.82, 2.24) is 4.90 Å². The van der Waals surface area contributed by atoms with Gasteiger partial charge in [0.1, 0.15) is 6.29 Å². The zero-order valence-electron chi connectivity index (χ0n) is 6.88. The predicted octanol–water partition coefficient (Wildman–Crippen LogP) is 0.448. The molecule has 0 aromatic heterocycles. The first-order valence-electron chi connectivity index (χ1n) is 3.87. The zero-order valence-corrected chi connectivity index (χ0v) is 6.88. The lowest BCUT2D eigenvalue weighted by Gasteiger charge is -2.32. The lowest BCUT2D eigenvalue weighted by Crippen LogP contribution is -2.50. The molecule has 0 N–H and O–H groups in total. The predicted molar refractivity (Wildman–Crippen MR) is 38.3 cm³/mol. The first kappa shape index (κ1) is 10.5. The van der Waals surface area contributed by atoms with Gasteiger partial charge in [-0.2, -0.15) is 13.2 Å². The molecule has 0 aromatic carbocycles. The van der Waals surface area contributed by atoms with Gasteiger partial charge in [-0.15, -0.1) is 0 Å². The molecule has 0 radical (unpaired) electrons. The number of aldehydes is 1. The van der Waals surface area contributed by atoms with Crippen LogP contribution in [0.2, 0.25) is 0 Å². The molecule has 0 bridgehead atoms. The second-order valence-corrected chi connectivity index (χ2v) is 2.86. The van der Waals surface area contributed by atoms with Crippen LogP contribution in [0, 0.1) is 0 Å². The average molecular weight is 197 g/mol. The second-order valence-electron chi connectivity index (χ2n) is 2.86. The van der Waals surface area contributed by atoms with Crippen LogP contribution in [0.15, 0.2) is 0 Å². The van der Waals surface area contributed by atoms with Crippen molar-refractivity contribution in [3.05, 3.63) is 0 Å². The van der Waals surface area contributed by atoms with Crippen LogP contribution >= 0.6 is 0 Å². The molecule has 0 spiro atoms. The van der Waals surface area contributed by atoms with Crippen molar-refractivity contribution in [2.75, 3.05) is 26.3 Å². The average Bonchev–Trinajstić information content (AvgIpc) is 2.02. The molecule has 1 heterocycles. The van der Waals surface area contributed by atoms with E-state index in [4.69, 9.17) is 4.74 Å². The van der Waals surface area contributed by atoms with Crippen LogP contribution in [0.5, 0.6) is 0 Å². The topological polar surface area (TPSA) is 29.5 Å². The van der Waals surface area contributed by atoms with Gasteiger partial charge in [0.25, 0.3) is 0 Å². The molecule has 1 aliphatic heterocycles. The van der Waals surface area contributed by atoms with E-state index in [1.165, 1.54) is 0 Å². The summed E-state index contributed by atoms with van der Waals surface area (Å²) >= 11 is 0. The fourth-order valence-corrected chi connectivity index (χ4v) is 1.21. The molecule has 1 aliphatic rings. The Labute approximate surface area is 73.5 Å². The van der Waals surface area contributed by atoms with Gasteiger partial charge < -0.3 is 9.53 Å². The van der Waals surface area contributed by atoms with Crippen molar-refractivity contribution in [2.45, 2.75) is 12.2 Å². The first-order valence-corrected chi connectivity index (χ1v) is 3.87. The van der Waals surface area contributed by atoms with Crippen molar-refractivity contribution in [2.24, 2.45) is 0 Å². The number of morpholine rings is 1. The molecular formula is C7H10F3NO2. The molecule has 13 heavy (non-hydrogen) atoms. The Hall–Kier alpha value is -0.620. The summed E-state index contributed by atoms with van der Waals surface area (Å²) in [4.78, 5) is 11.4. The van der Waals surface area contributed by atoms with E-state index in [1.807, 2.05) is 0 Å². The summed E-state index contributed by atoms with van der Waals surface area (Å²) in [5.41, 5.74) is 0. The maximum Gasteiger partial charge on any atom is 0.401 e. The number of carbonyl (C=O) groups excluding carboxylic acids is 1. The second kappa shape index (κ2) is 4.06. The molecule has 1 atom stereocenters. The van der Waals surface area contributed by atoms with Gasteiger partial charge in [-0.25, -0.2) is 0 Å². The minimum Gasteiger partial charge on any atom is -0.378 e. The van der Waals surface area contributed by atoms with E-state index in [1.54, 1.807) is 0 Å². The van der Waals surface area contributed by atoms with Gasteiger partial charge in [-0.05, 0) is 0 Å². The Kier molecular flexibility index (Phi) is 3.27. The fraction of sp³-hybridized carbons (Fsp3) is 0.857. The van der Waals surface area contributed by atoms with E-state index < -0.39 is 18.8 Å². The minimum absolute atomic E-state index is 0.0551. The highest BCUT2D eigenvalue weighted by Crippen LogP contribution is 2.18. The molecule has 0 aliphatic carbocycles. The highest BCUT2D eigenvalue weighted by atomic mass is 19.4. The van der Waals surface area contributed by atoms with E-state index in [9.17, 15) is 18.0 Å². The summed E-state index contributed by atoms with van der Waals surface area (Å²) in [7, 11) is 0. The summed E-state index contributed by atoms with van der Waals surface area (Å²) in [6, 6.07) is -0.754. The number of hydrogen-bond acceptors (Lipinski definition) is 3. The number of nitrogens with zero attached hydrogens (tertiary/aromatic N) is 1. The third-order valence-electron chi connectivity index (χ3n) is 1.82. The molecule has 3 nitrogen and oxygen atoms in total. The number of rotatable bonds is 2. The lowest BCUT2D eigenvalue weighted by molar-refractivity contribution is -0.162. The first-order chi connectivity index (χ1) is 6.03. The minimum atomic E-state index is -4.25. The number of hydrogen-bond donors (Lipinski definition) is 0. The normalized spacial score (nSPS) is 25.9. The number of carbonyl (C=O) groups is 1. The van der Waals surface area contributed by atoms with Crippen LogP contribution in [0.4, 0.5) is 13.2 Å². The molecule has 6 heteroatoms. The fourth-order valence-electron chi connectivity index (χ4n) is 1.21. The van der Waals surface area contributed by atoms with E-state index in [-0.39, 0.29) is 19.8 Å². The van der Waals surface area contributed by atoms with Gasteiger partial charge in [-0.1, -0.05) is 0 Å². The van der Waals surface area contributed by atoms with Crippen molar-refractivity contribution < 1.29 is 22.7 Å². The summed E-state index contributed by atoms with van der Waals surface area (Å²) < 4.78 is 40.7. The third kappa shape index (κ3) is 3.31.